The number of nitrogens with zero attached hydrogens (tertiary/aromatic N) is 1. The molecule has 0 spiro atoms. The van der Waals surface area contributed by atoms with E-state index in [1.165, 1.54) is 5.56 Å². The molecule has 3 aromatic carbocycles. The van der Waals surface area contributed by atoms with Gasteiger partial charge in [-0.05, 0) is 59.4 Å². The maximum absolute atomic E-state index is 14.7. The van der Waals surface area contributed by atoms with Gasteiger partial charge in [0.05, 0.1) is 5.69 Å². The molecule has 0 saturated heterocycles. The fraction of sp³-hybridized carbons (Fsp3) is 0.231. The molecule has 0 saturated carbocycles. The number of hydrazine groups is 1. The minimum absolute atomic E-state index is 0.264. The Bertz CT molecular complexity index is 1050. The van der Waals surface area contributed by atoms with Crippen LogP contribution in [-0.2, 0) is 6.61 Å². The monoisotopic (exact) mass is 402 g/mol. The number of ether oxygens (including phenoxy) is 1. The fourth-order valence-electron chi connectivity index (χ4n) is 3.62. The van der Waals surface area contributed by atoms with E-state index >= 15 is 0 Å². The smallest absolute Gasteiger partial charge is 0.165 e. The molecule has 0 fully saturated rings. The molecule has 4 heteroatoms. The Hall–Kier alpha value is -3.11. The average Bonchev–Trinajstić information content (AvgIpc) is 3.19. The molecule has 1 atom stereocenters. The number of nitrogens with one attached hydrogen (secondary N) is 1. The lowest BCUT2D eigenvalue weighted by atomic mass is 9.96. The SMILES string of the molecule is CC1C=CN(c2cc(-c3ccc(OCc4ccccc4)c(F)c3)ccc2C(C)C)N1. The van der Waals surface area contributed by atoms with Crippen molar-refractivity contribution in [1.29, 1.82) is 0 Å². The van der Waals surface area contributed by atoms with Crippen LogP contribution in [0.4, 0.5) is 10.1 Å². The van der Waals surface area contributed by atoms with E-state index in [2.05, 4.69) is 61.7 Å². The van der Waals surface area contributed by atoms with Crippen LogP contribution < -0.4 is 15.2 Å². The molecular formula is C26H27FN2O. The summed E-state index contributed by atoms with van der Waals surface area (Å²) in [6.07, 6.45) is 4.17. The summed E-state index contributed by atoms with van der Waals surface area (Å²) in [5.41, 5.74) is 8.57. The number of anilines is 1. The molecule has 4 rings (SSSR count). The fourth-order valence-corrected chi connectivity index (χ4v) is 3.62. The molecule has 154 valence electrons. The van der Waals surface area contributed by atoms with Gasteiger partial charge >= 0.3 is 0 Å². The van der Waals surface area contributed by atoms with Crippen molar-refractivity contribution in [3.8, 4) is 16.9 Å². The Labute approximate surface area is 177 Å². The minimum atomic E-state index is -0.356. The molecule has 3 aromatic rings. The number of halogens is 1. The van der Waals surface area contributed by atoms with Crippen LogP contribution in [0.25, 0.3) is 11.1 Å². The number of rotatable bonds is 6. The average molecular weight is 403 g/mol. The highest BCUT2D eigenvalue weighted by atomic mass is 19.1. The lowest BCUT2D eigenvalue weighted by Crippen LogP contribution is -2.34. The van der Waals surface area contributed by atoms with E-state index in [-0.39, 0.29) is 17.6 Å². The third kappa shape index (κ3) is 4.39. The first-order chi connectivity index (χ1) is 14.5. The van der Waals surface area contributed by atoms with Crippen molar-refractivity contribution in [3.63, 3.8) is 0 Å². The van der Waals surface area contributed by atoms with Crippen molar-refractivity contribution in [3.05, 3.63) is 96.0 Å². The van der Waals surface area contributed by atoms with Gasteiger partial charge in [-0.2, -0.15) is 0 Å². The predicted molar refractivity (Wildman–Crippen MR) is 121 cm³/mol. The maximum atomic E-state index is 14.7. The molecule has 3 nitrogen and oxygen atoms in total. The van der Waals surface area contributed by atoms with E-state index in [0.29, 0.717) is 12.5 Å². The zero-order valence-corrected chi connectivity index (χ0v) is 17.6. The van der Waals surface area contributed by atoms with Gasteiger partial charge in [-0.1, -0.05) is 62.4 Å². The summed E-state index contributed by atoms with van der Waals surface area (Å²) in [6.45, 7) is 6.81. The topological polar surface area (TPSA) is 24.5 Å². The van der Waals surface area contributed by atoms with Crippen LogP contribution in [-0.4, -0.2) is 6.04 Å². The quantitative estimate of drug-likeness (QED) is 0.515. The molecule has 0 aliphatic carbocycles. The van der Waals surface area contributed by atoms with E-state index in [1.54, 1.807) is 12.1 Å². The second-order valence-corrected chi connectivity index (χ2v) is 7.98. The van der Waals surface area contributed by atoms with Gasteiger partial charge in [-0.15, -0.1) is 0 Å². The molecule has 1 aliphatic rings. The molecule has 0 radical (unpaired) electrons. The first-order valence-electron chi connectivity index (χ1n) is 10.4. The van der Waals surface area contributed by atoms with E-state index in [9.17, 15) is 4.39 Å². The summed E-state index contributed by atoms with van der Waals surface area (Å²) in [6, 6.07) is 21.5. The van der Waals surface area contributed by atoms with Crippen LogP contribution in [0.3, 0.4) is 0 Å². The maximum Gasteiger partial charge on any atom is 0.165 e. The first kappa shape index (κ1) is 20.2. The van der Waals surface area contributed by atoms with Crippen molar-refractivity contribution in [1.82, 2.24) is 5.43 Å². The van der Waals surface area contributed by atoms with E-state index in [4.69, 9.17) is 4.74 Å². The largest absolute Gasteiger partial charge is 0.486 e. The van der Waals surface area contributed by atoms with Crippen molar-refractivity contribution >= 4 is 5.69 Å². The molecule has 0 bridgehead atoms. The molecule has 1 N–H and O–H groups in total. The highest BCUT2D eigenvalue weighted by Crippen LogP contribution is 2.34. The molecule has 0 aromatic heterocycles. The first-order valence-corrected chi connectivity index (χ1v) is 10.4. The standard InChI is InChI=1S/C26H27FN2O/c1-18(2)23-11-9-22(16-25(23)29-14-13-19(3)28-29)21-10-12-26(24(27)15-21)30-17-20-7-5-4-6-8-20/h4-16,18-19,28H,17H2,1-3H3. The van der Waals surface area contributed by atoms with E-state index in [0.717, 1.165) is 22.4 Å². The lowest BCUT2D eigenvalue weighted by Gasteiger charge is -2.24. The van der Waals surface area contributed by atoms with Crippen LogP contribution in [0.1, 0.15) is 37.8 Å². The zero-order valence-electron chi connectivity index (χ0n) is 17.6. The summed E-state index contributed by atoms with van der Waals surface area (Å²) in [5, 5.41) is 2.05. The van der Waals surface area contributed by atoms with Gasteiger partial charge in [0, 0.05) is 12.2 Å². The van der Waals surface area contributed by atoms with Gasteiger partial charge in [-0.3, -0.25) is 5.01 Å². The molecule has 0 amide bonds. The summed E-state index contributed by atoms with van der Waals surface area (Å²) in [5.74, 6) is 0.288. The van der Waals surface area contributed by atoms with Crippen LogP contribution in [0.2, 0.25) is 0 Å². The van der Waals surface area contributed by atoms with Crippen LogP contribution in [0.15, 0.2) is 79.0 Å². The highest BCUT2D eigenvalue weighted by molar-refractivity contribution is 5.72. The second-order valence-electron chi connectivity index (χ2n) is 7.98. The van der Waals surface area contributed by atoms with Crippen molar-refractivity contribution in [2.75, 3.05) is 5.01 Å². The second kappa shape index (κ2) is 8.72. The molecule has 30 heavy (non-hydrogen) atoms. The van der Waals surface area contributed by atoms with Gasteiger partial charge in [0.1, 0.15) is 6.61 Å². The van der Waals surface area contributed by atoms with Crippen molar-refractivity contribution < 1.29 is 9.13 Å². The Morgan fingerprint density at radius 1 is 1.00 bits per heavy atom. The molecule has 1 unspecified atom stereocenters. The minimum Gasteiger partial charge on any atom is -0.486 e. The lowest BCUT2D eigenvalue weighted by molar-refractivity contribution is 0.290. The normalized spacial score (nSPS) is 15.8. The van der Waals surface area contributed by atoms with E-state index in [1.807, 2.05) is 36.4 Å². The van der Waals surface area contributed by atoms with Crippen molar-refractivity contribution in [2.24, 2.45) is 0 Å². The number of hydrogen-bond donors (Lipinski definition) is 1. The van der Waals surface area contributed by atoms with Gasteiger partial charge < -0.3 is 4.74 Å². The molecule has 1 heterocycles. The summed E-state index contributed by atoms with van der Waals surface area (Å²) < 4.78 is 20.4. The predicted octanol–water partition coefficient (Wildman–Crippen LogP) is 6.42. The Morgan fingerprint density at radius 3 is 2.40 bits per heavy atom. The third-order valence-corrected chi connectivity index (χ3v) is 5.28. The zero-order chi connectivity index (χ0) is 21.1. The highest BCUT2D eigenvalue weighted by Gasteiger charge is 2.18. The van der Waals surface area contributed by atoms with Gasteiger partial charge in [0.15, 0.2) is 11.6 Å². The van der Waals surface area contributed by atoms with Crippen LogP contribution in [0, 0.1) is 5.82 Å². The van der Waals surface area contributed by atoms with Crippen LogP contribution >= 0.6 is 0 Å². The van der Waals surface area contributed by atoms with Crippen molar-refractivity contribution in [2.45, 2.75) is 39.3 Å². The van der Waals surface area contributed by atoms with Gasteiger partial charge in [0.25, 0.3) is 0 Å². The van der Waals surface area contributed by atoms with E-state index < -0.39 is 0 Å². The van der Waals surface area contributed by atoms with Crippen LogP contribution in [0.5, 0.6) is 5.75 Å². The summed E-state index contributed by atoms with van der Waals surface area (Å²) >= 11 is 0. The summed E-state index contributed by atoms with van der Waals surface area (Å²) in [4.78, 5) is 0. The third-order valence-electron chi connectivity index (χ3n) is 5.28. The summed E-state index contributed by atoms with van der Waals surface area (Å²) in [7, 11) is 0. The molecular weight excluding hydrogens is 375 g/mol. The Kier molecular flexibility index (Phi) is 5.86. The van der Waals surface area contributed by atoms with Gasteiger partial charge in [-0.25, -0.2) is 9.82 Å². The molecule has 1 aliphatic heterocycles. The number of hydrogen-bond acceptors (Lipinski definition) is 3. The van der Waals surface area contributed by atoms with Gasteiger partial charge in [0.2, 0.25) is 0 Å². The Balaban J connectivity index is 1.59. The number of benzene rings is 3. The Morgan fingerprint density at radius 2 is 1.73 bits per heavy atom.